The maximum Gasteiger partial charge on any atom is 0.234 e. The SMILES string of the molecule is O=C(CN1CCC(CO)C1)NCc1cccs1. The number of amides is 1. The average molecular weight is 254 g/mol. The quantitative estimate of drug-likeness (QED) is 0.812. The largest absolute Gasteiger partial charge is 0.396 e. The Morgan fingerprint density at radius 2 is 2.53 bits per heavy atom. The van der Waals surface area contributed by atoms with Gasteiger partial charge in [0.25, 0.3) is 0 Å². The first-order chi connectivity index (χ1) is 8.28. The van der Waals surface area contributed by atoms with Crippen molar-refractivity contribution < 1.29 is 9.90 Å². The van der Waals surface area contributed by atoms with Crippen LogP contribution in [0.5, 0.6) is 0 Å². The third-order valence-corrected chi connectivity index (χ3v) is 3.91. The van der Waals surface area contributed by atoms with Crippen molar-refractivity contribution in [3.05, 3.63) is 22.4 Å². The topological polar surface area (TPSA) is 52.6 Å². The Labute approximate surface area is 105 Å². The van der Waals surface area contributed by atoms with Crippen LogP contribution in [-0.2, 0) is 11.3 Å². The van der Waals surface area contributed by atoms with E-state index in [0.29, 0.717) is 19.0 Å². The van der Waals surface area contributed by atoms with Gasteiger partial charge in [-0.15, -0.1) is 11.3 Å². The zero-order valence-electron chi connectivity index (χ0n) is 9.76. The Morgan fingerprint density at radius 3 is 3.18 bits per heavy atom. The minimum Gasteiger partial charge on any atom is -0.396 e. The number of carbonyl (C=O) groups excluding carboxylic acids is 1. The van der Waals surface area contributed by atoms with Crippen LogP contribution >= 0.6 is 11.3 Å². The van der Waals surface area contributed by atoms with Gasteiger partial charge < -0.3 is 10.4 Å². The minimum atomic E-state index is 0.0667. The lowest BCUT2D eigenvalue weighted by atomic mass is 10.1. The molecule has 0 aromatic carbocycles. The third kappa shape index (κ3) is 3.80. The Kier molecular flexibility index (Phi) is 4.53. The summed E-state index contributed by atoms with van der Waals surface area (Å²) >= 11 is 1.65. The van der Waals surface area contributed by atoms with Crippen molar-refractivity contribution in [2.75, 3.05) is 26.2 Å². The van der Waals surface area contributed by atoms with Crippen molar-refractivity contribution in [1.29, 1.82) is 0 Å². The molecule has 0 bridgehead atoms. The first-order valence-electron chi connectivity index (χ1n) is 5.90. The highest BCUT2D eigenvalue weighted by atomic mass is 32.1. The van der Waals surface area contributed by atoms with Crippen molar-refractivity contribution in [2.45, 2.75) is 13.0 Å². The monoisotopic (exact) mass is 254 g/mol. The lowest BCUT2D eigenvalue weighted by molar-refractivity contribution is -0.122. The van der Waals surface area contributed by atoms with Crippen LogP contribution < -0.4 is 5.32 Å². The van der Waals surface area contributed by atoms with Crippen LogP contribution in [0.2, 0.25) is 0 Å². The number of rotatable bonds is 5. The summed E-state index contributed by atoms with van der Waals surface area (Å²) in [6.45, 7) is 3.05. The smallest absolute Gasteiger partial charge is 0.234 e. The highest BCUT2D eigenvalue weighted by molar-refractivity contribution is 7.09. The zero-order valence-corrected chi connectivity index (χ0v) is 10.6. The van der Waals surface area contributed by atoms with E-state index in [1.807, 2.05) is 17.5 Å². The van der Waals surface area contributed by atoms with Gasteiger partial charge in [-0.05, 0) is 30.3 Å². The Balaban J connectivity index is 1.67. The molecule has 2 heterocycles. The first kappa shape index (κ1) is 12.5. The van der Waals surface area contributed by atoms with E-state index in [2.05, 4.69) is 10.2 Å². The summed E-state index contributed by atoms with van der Waals surface area (Å²) in [7, 11) is 0. The van der Waals surface area contributed by atoms with Crippen molar-refractivity contribution in [3.8, 4) is 0 Å². The lowest BCUT2D eigenvalue weighted by Gasteiger charge is -2.14. The number of likely N-dealkylation sites (tertiary alicyclic amines) is 1. The second kappa shape index (κ2) is 6.14. The maximum absolute atomic E-state index is 11.7. The molecule has 1 aliphatic heterocycles. The van der Waals surface area contributed by atoms with E-state index in [1.165, 1.54) is 4.88 Å². The molecule has 17 heavy (non-hydrogen) atoms. The van der Waals surface area contributed by atoms with Crippen LogP contribution in [0.1, 0.15) is 11.3 Å². The highest BCUT2D eigenvalue weighted by Crippen LogP contribution is 2.14. The molecule has 1 aromatic heterocycles. The molecule has 1 atom stereocenters. The van der Waals surface area contributed by atoms with Crippen LogP contribution in [0.3, 0.4) is 0 Å². The van der Waals surface area contributed by atoms with Crippen molar-refractivity contribution in [3.63, 3.8) is 0 Å². The summed E-state index contributed by atoms with van der Waals surface area (Å²) in [6.07, 6.45) is 0.995. The van der Waals surface area contributed by atoms with E-state index < -0.39 is 0 Å². The molecule has 94 valence electrons. The molecule has 0 radical (unpaired) electrons. The van der Waals surface area contributed by atoms with E-state index in [9.17, 15) is 4.79 Å². The number of aliphatic hydroxyl groups is 1. The number of hydrogen-bond acceptors (Lipinski definition) is 4. The van der Waals surface area contributed by atoms with Crippen LogP contribution in [0.15, 0.2) is 17.5 Å². The summed E-state index contributed by atoms with van der Waals surface area (Å²) in [5.41, 5.74) is 0. The number of nitrogens with one attached hydrogen (secondary N) is 1. The molecule has 2 rings (SSSR count). The fraction of sp³-hybridized carbons (Fsp3) is 0.583. The van der Waals surface area contributed by atoms with E-state index in [4.69, 9.17) is 5.11 Å². The van der Waals surface area contributed by atoms with Gasteiger partial charge in [-0.2, -0.15) is 0 Å². The second-order valence-corrected chi connectivity index (χ2v) is 5.46. The summed E-state index contributed by atoms with van der Waals surface area (Å²) in [5, 5.41) is 13.9. The number of carbonyl (C=O) groups is 1. The molecule has 1 amide bonds. The van der Waals surface area contributed by atoms with Crippen LogP contribution in [0, 0.1) is 5.92 Å². The van der Waals surface area contributed by atoms with Crippen LogP contribution in [-0.4, -0.2) is 42.2 Å². The van der Waals surface area contributed by atoms with Gasteiger partial charge in [-0.1, -0.05) is 6.07 Å². The van der Waals surface area contributed by atoms with Gasteiger partial charge in [0.05, 0.1) is 13.1 Å². The molecule has 1 aliphatic rings. The zero-order chi connectivity index (χ0) is 12.1. The summed E-state index contributed by atoms with van der Waals surface area (Å²) in [6, 6.07) is 4.00. The van der Waals surface area contributed by atoms with Crippen molar-refractivity contribution in [1.82, 2.24) is 10.2 Å². The van der Waals surface area contributed by atoms with Crippen LogP contribution in [0.4, 0.5) is 0 Å². The van der Waals surface area contributed by atoms with Gasteiger partial charge >= 0.3 is 0 Å². The molecule has 5 heteroatoms. The number of nitrogens with zero attached hydrogens (tertiary/aromatic N) is 1. The van der Waals surface area contributed by atoms with E-state index in [1.54, 1.807) is 11.3 Å². The third-order valence-electron chi connectivity index (χ3n) is 3.04. The van der Waals surface area contributed by atoms with Crippen molar-refractivity contribution in [2.24, 2.45) is 5.92 Å². The molecule has 1 saturated heterocycles. The molecular formula is C12H18N2O2S. The normalized spacial score (nSPS) is 20.6. The Morgan fingerprint density at radius 1 is 1.65 bits per heavy atom. The summed E-state index contributed by atoms with van der Waals surface area (Å²) in [5.74, 6) is 0.414. The van der Waals surface area contributed by atoms with Gasteiger partial charge in [-0.25, -0.2) is 0 Å². The molecule has 2 N–H and O–H groups in total. The molecule has 4 nitrogen and oxygen atoms in total. The lowest BCUT2D eigenvalue weighted by Crippen LogP contribution is -2.35. The minimum absolute atomic E-state index is 0.0667. The summed E-state index contributed by atoms with van der Waals surface area (Å²) in [4.78, 5) is 15.0. The summed E-state index contributed by atoms with van der Waals surface area (Å²) < 4.78 is 0. The predicted octanol–water partition coefficient (Wildman–Crippen LogP) is 0.679. The fourth-order valence-electron chi connectivity index (χ4n) is 2.06. The average Bonchev–Trinajstić information content (AvgIpc) is 2.97. The van der Waals surface area contributed by atoms with Gasteiger partial charge in [-0.3, -0.25) is 9.69 Å². The van der Waals surface area contributed by atoms with E-state index in [0.717, 1.165) is 19.5 Å². The predicted molar refractivity (Wildman–Crippen MR) is 67.8 cm³/mol. The molecule has 0 aliphatic carbocycles. The van der Waals surface area contributed by atoms with Crippen LogP contribution in [0.25, 0.3) is 0 Å². The van der Waals surface area contributed by atoms with Gasteiger partial charge in [0.2, 0.25) is 5.91 Å². The highest BCUT2D eigenvalue weighted by Gasteiger charge is 2.22. The number of aliphatic hydroxyl groups excluding tert-OH is 1. The van der Waals surface area contributed by atoms with E-state index in [-0.39, 0.29) is 12.5 Å². The fourth-order valence-corrected chi connectivity index (χ4v) is 2.71. The van der Waals surface area contributed by atoms with Gasteiger partial charge in [0.1, 0.15) is 0 Å². The van der Waals surface area contributed by atoms with E-state index >= 15 is 0 Å². The number of hydrogen-bond donors (Lipinski definition) is 2. The van der Waals surface area contributed by atoms with Gasteiger partial charge in [0, 0.05) is 18.0 Å². The molecule has 1 unspecified atom stereocenters. The number of thiophene rings is 1. The standard InChI is InChI=1S/C12H18N2O2S/c15-9-10-3-4-14(7-10)8-12(16)13-6-11-2-1-5-17-11/h1-2,5,10,15H,3-4,6-9H2,(H,13,16). The molecule has 0 saturated carbocycles. The molecular weight excluding hydrogens is 236 g/mol. The maximum atomic E-state index is 11.7. The molecule has 1 fully saturated rings. The van der Waals surface area contributed by atoms with Crippen molar-refractivity contribution >= 4 is 17.2 Å². The van der Waals surface area contributed by atoms with Gasteiger partial charge in [0.15, 0.2) is 0 Å². The Bertz CT molecular complexity index is 353. The molecule has 0 spiro atoms. The second-order valence-electron chi connectivity index (χ2n) is 4.43. The Hall–Kier alpha value is -0.910. The molecule has 1 aromatic rings. The first-order valence-corrected chi connectivity index (χ1v) is 6.78.